The summed E-state index contributed by atoms with van der Waals surface area (Å²) in [4.78, 5) is 13.7. The Morgan fingerprint density at radius 1 is 1.21 bits per heavy atom. The maximum Gasteiger partial charge on any atom is 0.235 e. The molecule has 0 aliphatic heterocycles. The van der Waals surface area contributed by atoms with E-state index in [1.54, 1.807) is 11.3 Å². The highest BCUT2D eigenvalue weighted by atomic mass is 32.1. The van der Waals surface area contributed by atoms with Crippen molar-refractivity contribution in [1.82, 2.24) is 10.6 Å². The van der Waals surface area contributed by atoms with Gasteiger partial charge in [-0.2, -0.15) is 5.26 Å². The Hall–Kier alpha value is -2.16. The van der Waals surface area contributed by atoms with Gasteiger partial charge in [0.05, 0.1) is 18.7 Å². The third kappa shape index (κ3) is 5.21. The zero-order valence-electron chi connectivity index (χ0n) is 16.7. The Morgan fingerprint density at radius 2 is 1.93 bits per heavy atom. The number of thiophene rings is 1. The van der Waals surface area contributed by atoms with Crippen molar-refractivity contribution in [2.45, 2.75) is 57.5 Å². The number of nitrogens with one attached hydrogen (secondary N) is 2. The predicted molar refractivity (Wildman–Crippen MR) is 114 cm³/mol. The van der Waals surface area contributed by atoms with Crippen molar-refractivity contribution in [1.29, 1.82) is 5.26 Å². The van der Waals surface area contributed by atoms with E-state index in [2.05, 4.69) is 66.3 Å². The Kier molecular flexibility index (Phi) is 6.88. The van der Waals surface area contributed by atoms with Gasteiger partial charge in [-0.3, -0.25) is 10.1 Å². The Balaban J connectivity index is 1.68. The summed E-state index contributed by atoms with van der Waals surface area (Å²) >= 11 is 1.68. The normalized spacial score (nSPS) is 16.6. The summed E-state index contributed by atoms with van der Waals surface area (Å²) in [5.41, 5.74) is 1.81. The second-order valence-electron chi connectivity index (χ2n) is 8.12. The lowest BCUT2D eigenvalue weighted by atomic mass is 9.98. The molecule has 0 spiro atoms. The molecule has 148 valence electrons. The number of nitrogens with zero attached hydrogens (tertiary/aromatic N) is 1. The standard InChI is InChI=1S/C23H29N3OS/c1-17(2)14-18-7-9-19(10-8-18)22(20-6-5-13-28-20)25-15-21(27)26-23(16-24)11-3-4-12-23/h5-10,13,17,22,25H,3-4,11-12,14-15H2,1-2H3,(H,26,27)/t22-/m0/s1. The van der Waals surface area contributed by atoms with Crippen molar-refractivity contribution < 1.29 is 4.79 Å². The maximum atomic E-state index is 12.5. The summed E-state index contributed by atoms with van der Waals surface area (Å²) < 4.78 is 0. The fourth-order valence-corrected chi connectivity index (χ4v) is 4.73. The van der Waals surface area contributed by atoms with Gasteiger partial charge in [0, 0.05) is 4.88 Å². The molecule has 1 fully saturated rings. The fourth-order valence-electron chi connectivity index (χ4n) is 3.90. The molecule has 1 heterocycles. The second kappa shape index (κ2) is 9.36. The number of amides is 1. The Morgan fingerprint density at radius 3 is 2.50 bits per heavy atom. The van der Waals surface area contributed by atoms with Crippen molar-refractivity contribution in [2.75, 3.05) is 6.54 Å². The first-order chi connectivity index (χ1) is 13.5. The zero-order chi connectivity index (χ0) is 20.0. The average molecular weight is 396 g/mol. The molecule has 0 unspecified atom stereocenters. The van der Waals surface area contributed by atoms with Crippen LogP contribution in [0.1, 0.15) is 61.6 Å². The second-order valence-corrected chi connectivity index (χ2v) is 9.10. The van der Waals surface area contributed by atoms with Gasteiger partial charge < -0.3 is 5.32 Å². The summed E-state index contributed by atoms with van der Waals surface area (Å²) in [6, 6.07) is 15.1. The first kappa shape index (κ1) is 20.6. The van der Waals surface area contributed by atoms with E-state index in [1.165, 1.54) is 10.4 Å². The summed E-state index contributed by atoms with van der Waals surface area (Å²) in [6.07, 6.45) is 4.57. The number of hydrogen-bond acceptors (Lipinski definition) is 4. The highest BCUT2D eigenvalue weighted by Crippen LogP contribution is 2.29. The third-order valence-corrected chi connectivity index (χ3v) is 6.24. The molecule has 2 N–H and O–H groups in total. The molecular weight excluding hydrogens is 366 g/mol. The predicted octanol–water partition coefficient (Wildman–Crippen LogP) is 4.58. The van der Waals surface area contributed by atoms with Gasteiger partial charge in [-0.1, -0.05) is 44.2 Å². The number of benzene rings is 1. The Labute approximate surface area is 172 Å². The van der Waals surface area contributed by atoms with E-state index in [0.717, 1.165) is 37.7 Å². The van der Waals surface area contributed by atoms with Crippen molar-refractivity contribution in [3.05, 3.63) is 57.8 Å². The minimum atomic E-state index is -0.671. The molecule has 0 saturated heterocycles. The highest BCUT2D eigenvalue weighted by molar-refractivity contribution is 7.10. The van der Waals surface area contributed by atoms with E-state index in [9.17, 15) is 10.1 Å². The van der Waals surface area contributed by atoms with Crippen LogP contribution >= 0.6 is 11.3 Å². The van der Waals surface area contributed by atoms with Gasteiger partial charge in [-0.15, -0.1) is 11.3 Å². The van der Waals surface area contributed by atoms with Crippen molar-refractivity contribution in [3.63, 3.8) is 0 Å². The van der Waals surface area contributed by atoms with Crippen LogP contribution in [0.5, 0.6) is 0 Å². The smallest absolute Gasteiger partial charge is 0.235 e. The molecule has 1 saturated carbocycles. The van der Waals surface area contributed by atoms with Crippen LogP contribution in [0.2, 0.25) is 0 Å². The van der Waals surface area contributed by atoms with Crippen LogP contribution in [0.25, 0.3) is 0 Å². The summed E-state index contributed by atoms with van der Waals surface area (Å²) in [7, 11) is 0. The molecule has 0 radical (unpaired) electrons. The van der Waals surface area contributed by atoms with Gasteiger partial charge >= 0.3 is 0 Å². The maximum absolute atomic E-state index is 12.5. The molecule has 4 nitrogen and oxygen atoms in total. The molecular formula is C23H29N3OS. The van der Waals surface area contributed by atoms with Gasteiger partial charge in [-0.25, -0.2) is 0 Å². The minimum absolute atomic E-state index is 0.0273. The van der Waals surface area contributed by atoms with Gasteiger partial charge in [0.15, 0.2) is 0 Å². The van der Waals surface area contributed by atoms with Gasteiger partial charge in [0.2, 0.25) is 5.91 Å². The van der Waals surface area contributed by atoms with E-state index in [-0.39, 0.29) is 18.5 Å². The van der Waals surface area contributed by atoms with Crippen LogP contribution in [-0.2, 0) is 11.2 Å². The van der Waals surface area contributed by atoms with E-state index >= 15 is 0 Å². The van der Waals surface area contributed by atoms with Crippen molar-refractivity contribution in [2.24, 2.45) is 5.92 Å². The third-order valence-electron chi connectivity index (χ3n) is 5.30. The van der Waals surface area contributed by atoms with Crippen LogP contribution in [-0.4, -0.2) is 18.0 Å². The molecule has 2 aromatic rings. The van der Waals surface area contributed by atoms with Crippen molar-refractivity contribution in [3.8, 4) is 6.07 Å². The number of rotatable bonds is 8. The molecule has 0 bridgehead atoms. The molecule has 1 aromatic heterocycles. The van der Waals surface area contributed by atoms with Gasteiger partial charge in [-0.05, 0) is 60.6 Å². The highest BCUT2D eigenvalue weighted by Gasteiger charge is 2.35. The fraction of sp³-hybridized carbons (Fsp3) is 0.478. The quantitative estimate of drug-likeness (QED) is 0.688. The molecule has 5 heteroatoms. The lowest BCUT2D eigenvalue weighted by molar-refractivity contribution is -0.121. The van der Waals surface area contributed by atoms with Crippen LogP contribution in [0.15, 0.2) is 41.8 Å². The van der Waals surface area contributed by atoms with Crippen LogP contribution in [0, 0.1) is 17.2 Å². The first-order valence-corrected chi connectivity index (χ1v) is 11.0. The van der Waals surface area contributed by atoms with E-state index < -0.39 is 5.54 Å². The van der Waals surface area contributed by atoms with E-state index in [4.69, 9.17) is 0 Å². The van der Waals surface area contributed by atoms with Gasteiger partial charge in [0.1, 0.15) is 5.54 Å². The molecule has 1 aliphatic carbocycles. The monoisotopic (exact) mass is 395 g/mol. The molecule has 1 aromatic carbocycles. The molecule has 1 amide bonds. The molecule has 28 heavy (non-hydrogen) atoms. The van der Waals surface area contributed by atoms with E-state index in [1.807, 2.05) is 6.07 Å². The SMILES string of the molecule is CC(C)Cc1ccc([C@H](NCC(=O)NC2(C#N)CCCC2)c2cccs2)cc1. The first-order valence-electron chi connectivity index (χ1n) is 10.1. The number of hydrogen-bond donors (Lipinski definition) is 2. The van der Waals surface area contributed by atoms with Crippen molar-refractivity contribution >= 4 is 17.2 Å². The van der Waals surface area contributed by atoms with Crippen LogP contribution < -0.4 is 10.6 Å². The molecule has 3 rings (SSSR count). The van der Waals surface area contributed by atoms with Crippen LogP contribution in [0.4, 0.5) is 0 Å². The summed E-state index contributed by atoms with van der Waals surface area (Å²) in [5, 5.41) is 17.9. The lowest BCUT2D eigenvalue weighted by Crippen LogP contribution is -2.48. The zero-order valence-corrected chi connectivity index (χ0v) is 17.5. The minimum Gasteiger partial charge on any atom is -0.337 e. The summed E-state index contributed by atoms with van der Waals surface area (Å²) in [5.74, 6) is 0.519. The lowest BCUT2D eigenvalue weighted by Gasteiger charge is -2.24. The van der Waals surface area contributed by atoms with Crippen LogP contribution in [0.3, 0.4) is 0 Å². The number of nitriles is 1. The Bertz CT molecular complexity index is 799. The molecule has 1 aliphatic rings. The summed E-state index contributed by atoms with van der Waals surface area (Å²) in [6.45, 7) is 4.64. The number of carbonyl (C=O) groups is 1. The average Bonchev–Trinajstić information content (AvgIpc) is 3.35. The number of carbonyl (C=O) groups excluding carboxylic acids is 1. The topological polar surface area (TPSA) is 64.9 Å². The van der Waals surface area contributed by atoms with E-state index in [0.29, 0.717) is 5.92 Å². The largest absolute Gasteiger partial charge is 0.337 e. The van der Waals surface area contributed by atoms with Gasteiger partial charge in [0.25, 0.3) is 0 Å². The molecule has 1 atom stereocenters.